The van der Waals surface area contributed by atoms with Gasteiger partial charge in [0.15, 0.2) is 0 Å². The summed E-state index contributed by atoms with van der Waals surface area (Å²) in [5.41, 5.74) is 0.272. The van der Waals surface area contributed by atoms with Gasteiger partial charge >= 0.3 is 5.97 Å². The molecule has 3 rings (SSSR count). The van der Waals surface area contributed by atoms with Gasteiger partial charge in [-0.15, -0.1) is 0 Å². The van der Waals surface area contributed by atoms with E-state index in [1.165, 1.54) is 36.1 Å². The van der Waals surface area contributed by atoms with E-state index in [-0.39, 0.29) is 23.4 Å². The molecule has 1 unspecified atom stereocenters. The molecular formula is C24H26ClN3O7S. The van der Waals surface area contributed by atoms with Crippen LogP contribution in [0, 0.1) is 5.92 Å². The van der Waals surface area contributed by atoms with Crippen molar-refractivity contribution >= 4 is 45.3 Å². The molecule has 2 aromatic rings. The number of carbonyl (C=O) groups excluding carboxylic acids is 3. The van der Waals surface area contributed by atoms with E-state index in [9.17, 15) is 32.7 Å². The SMILES string of the molecule is CC(CC(=O)NS(=O)(=O)c1ccc(Cl)cc1)[C@H](NC(=O)c1ccccc1)C(=O)N1CCC[C@H]1C(=O)O. The van der Waals surface area contributed by atoms with E-state index in [1.54, 1.807) is 30.3 Å². The number of nitrogens with zero attached hydrogens (tertiary/aromatic N) is 1. The van der Waals surface area contributed by atoms with E-state index in [4.69, 9.17) is 11.6 Å². The van der Waals surface area contributed by atoms with Crippen LogP contribution in [0.25, 0.3) is 0 Å². The highest BCUT2D eigenvalue weighted by Gasteiger charge is 2.40. The van der Waals surface area contributed by atoms with Gasteiger partial charge in [-0.3, -0.25) is 14.4 Å². The van der Waals surface area contributed by atoms with Crippen LogP contribution in [-0.2, 0) is 24.4 Å². The lowest BCUT2D eigenvalue weighted by Crippen LogP contribution is -2.54. The monoisotopic (exact) mass is 535 g/mol. The van der Waals surface area contributed by atoms with Crippen molar-refractivity contribution in [1.82, 2.24) is 14.9 Å². The Morgan fingerprint density at radius 3 is 2.33 bits per heavy atom. The van der Waals surface area contributed by atoms with Gasteiger partial charge in [0.05, 0.1) is 4.90 Å². The summed E-state index contributed by atoms with van der Waals surface area (Å²) in [4.78, 5) is 51.5. The highest BCUT2D eigenvalue weighted by Crippen LogP contribution is 2.22. The van der Waals surface area contributed by atoms with Gasteiger partial charge in [-0.2, -0.15) is 0 Å². The van der Waals surface area contributed by atoms with Crippen molar-refractivity contribution in [3.05, 3.63) is 65.2 Å². The maximum Gasteiger partial charge on any atom is 0.326 e. The number of sulfonamides is 1. The minimum Gasteiger partial charge on any atom is -0.480 e. The summed E-state index contributed by atoms with van der Waals surface area (Å²) in [5, 5.41) is 12.4. The molecule has 3 N–H and O–H groups in total. The standard InChI is InChI=1S/C24H26ClN3O7S/c1-15(14-20(29)27-36(34,35)18-11-9-17(25)10-12-18)21(26-22(30)16-6-3-2-4-7-16)23(31)28-13-5-8-19(28)24(32)33/h2-4,6-7,9-12,15,19,21H,5,8,13-14H2,1H3,(H,26,30)(H,27,29)(H,32,33)/t15?,19-,21-/m0/s1. The summed E-state index contributed by atoms with van der Waals surface area (Å²) in [6.45, 7) is 1.70. The Labute approximate surface area is 213 Å². The van der Waals surface area contributed by atoms with Crippen LogP contribution in [-0.4, -0.2) is 60.7 Å². The maximum atomic E-state index is 13.4. The lowest BCUT2D eigenvalue weighted by molar-refractivity contribution is -0.149. The molecule has 10 nitrogen and oxygen atoms in total. The smallest absolute Gasteiger partial charge is 0.326 e. The van der Waals surface area contributed by atoms with Crippen molar-refractivity contribution in [2.24, 2.45) is 5.92 Å². The fraction of sp³-hybridized carbons (Fsp3) is 0.333. The predicted molar refractivity (Wildman–Crippen MR) is 131 cm³/mol. The van der Waals surface area contributed by atoms with E-state index >= 15 is 0 Å². The molecule has 3 amide bonds. The van der Waals surface area contributed by atoms with E-state index in [1.807, 2.05) is 4.72 Å². The molecule has 3 atom stereocenters. The highest BCUT2D eigenvalue weighted by molar-refractivity contribution is 7.90. The zero-order valence-electron chi connectivity index (χ0n) is 19.4. The second kappa shape index (κ2) is 11.5. The molecule has 1 saturated heterocycles. The third kappa shape index (κ3) is 6.61. The average molecular weight is 536 g/mol. The van der Waals surface area contributed by atoms with E-state index in [0.717, 1.165) is 0 Å². The Balaban J connectivity index is 1.79. The molecule has 0 spiro atoms. The number of benzene rings is 2. The molecule has 2 aromatic carbocycles. The van der Waals surface area contributed by atoms with Crippen molar-refractivity contribution in [2.75, 3.05) is 6.54 Å². The normalized spacial score (nSPS) is 17.2. The predicted octanol–water partition coefficient (Wildman–Crippen LogP) is 2.05. The Bertz CT molecular complexity index is 1240. The summed E-state index contributed by atoms with van der Waals surface area (Å²) in [6, 6.07) is 11.0. The van der Waals surface area contributed by atoms with Gasteiger partial charge in [0, 0.05) is 23.6 Å². The number of rotatable bonds is 9. The van der Waals surface area contributed by atoms with Gasteiger partial charge in [-0.05, 0) is 55.2 Å². The number of aliphatic carboxylic acids is 1. The molecule has 1 heterocycles. The van der Waals surface area contributed by atoms with Gasteiger partial charge in [0.2, 0.25) is 11.8 Å². The first-order valence-electron chi connectivity index (χ1n) is 11.2. The van der Waals surface area contributed by atoms with Crippen LogP contribution in [0.2, 0.25) is 5.02 Å². The Morgan fingerprint density at radius 2 is 1.72 bits per heavy atom. The van der Waals surface area contributed by atoms with Crippen LogP contribution >= 0.6 is 11.6 Å². The third-order valence-electron chi connectivity index (χ3n) is 5.86. The molecule has 192 valence electrons. The fourth-order valence-electron chi connectivity index (χ4n) is 4.00. The van der Waals surface area contributed by atoms with E-state index in [0.29, 0.717) is 11.4 Å². The highest BCUT2D eigenvalue weighted by atomic mass is 35.5. The summed E-state index contributed by atoms with van der Waals surface area (Å²) in [6.07, 6.45) is 0.328. The maximum absolute atomic E-state index is 13.4. The zero-order valence-corrected chi connectivity index (χ0v) is 21.0. The molecule has 0 radical (unpaired) electrons. The Kier molecular flexibility index (Phi) is 8.70. The average Bonchev–Trinajstić information content (AvgIpc) is 3.33. The Hall–Kier alpha value is -3.44. The number of likely N-dealkylation sites (tertiary alicyclic amines) is 1. The zero-order chi connectivity index (χ0) is 26.5. The van der Waals surface area contributed by atoms with E-state index < -0.39 is 58.1 Å². The van der Waals surface area contributed by atoms with Crippen molar-refractivity contribution in [3.63, 3.8) is 0 Å². The van der Waals surface area contributed by atoms with Crippen LogP contribution in [0.1, 0.15) is 36.5 Å². The molecule has 0 saturated carbocycles. The second-order valence-electron chi connectivity index (χ2n) is 8.51. The topological polar surface area (TPSA) is 150 Å². The quantitative estimate of drug-likeness (QED) is 0.444. The second-order valence-corrected chi connectivity index (χ2v) is 10.6. The number of hydrogen-bond donors (Lipinski definition) is 3. The third-order valence-corrected chi connectivity index (χ3v) is 7.50. The van der Waals surface area contributed by atoms with Crippen LogP contribution in [0.4, 0.5) is 0 Å². The molecule has 1 fully saturated rings. The van der Waals surface area contributed by atoms with Crippen molar-refractivity contribution < 1.29 is 32.7 Å². The summed E-state index contributed by atoms with van der Waals surface area (Å²) in [5.74, 6) is -4.14. The first-order chi connectivity index (χ1) is 17.0. The lowest BCUT2D eigenvalue weighted by atomic mass is 9.95. The summed E-state index contributed by atoms with van der Waals surface area (Å²) < 4.78 is 27.0. The fourth-order valence-corrected chi connectivity index (χ4v) is 5.12. The first kappa shape index (κ1) is 27.2. The minimum atomic E-state index is -4.19. The van der Waals surface area contributed by atoms with Crippen LogP contribution in [0.3, 0.4) is 0 Å². The van der Waals surface area contributed by atoms with Crippen LogP contribution in [0.5, 0.6) is 0 Å². The number of carbonyl (C=O) groups is 4. The van der Waals surface area contributed by atoms with Crippen LogP contribution < -0.4 is 10.0 Å². The van der Waals surface area contributed by atoms with Gasteiger partial charge in [0.1, 0.15) is 12.1 Å². The first-order valence-corrected chi connectivity index (χ1v) is 13.1. The van der Waals surface area contributed by atoms with Gasteiger partial charge < -0.3 is 15.3 Å². The Morgan fingerprint density at radius 1 is 1.08 bits per heavy atom. The van der Waals surface area contributed by atoms with Crippen molar-refractivity contribution in [1.29, 1.82) is 0 Å². The lowest BCUT2D eigenvalue weighted by Gasteiger charge is -2.30. The molecule has 1 aliphatic heterocycles. The number of nitrogens with one attached hydrogen (secondary N) is 2. The molecule has 36 heavy (non-hydrogen) atoms. The number of halogens is 1. The van der Waals surface area contributed by atoms with Gasteiger partial charge in [-0.1, -0.05) is 36.7 Å². The van der Waals surface area contributed by atoms with Gasteiger partial charge in [-0.25, -0.2) is 17.9 Å². The molecule has 0 aromatic heterocycles. The molecule has 12 heteroatoms. The molecule has 0 aliphatic carbocycles. The van der Waals surface area contributed by atoms with Crippen LogP contribution in [0.15, 0.2) is 59.5 Å². The summed E-state index contributed by atoms with van der Waals surface area (Å²) in [7, 11) is -4.19. The molecule has 1 aliphatic rings. The minimum absolute atomic E-state index is 0.167. The number of carboxylic acid groups (broad SMARTS) is 1. The number of carboxylic acids is 1. The largest absolute Gasteiger partial charge is 0.480 e. The van der Waals surface area contributed by atoms with E-state index in [2.05, 4.69) is 5.32 Å². The van der Waals surface area contributed by atoms with Crippen molar-refractivity contribution in [2.45, 2.75) is 43.2 Å². The molecule has 0 bridgehead atoms. The number of amides is 3. The van der Waals surface area contributed by atoms with Crippen molar-refractivity contribution in [3.8, 4) is 0 Å². The summed E-state index contributed by atoms with van der Waals surface area (Å²) >= 11 is 5.78. The number of hydrogen-bond acceptors (Lipinski definition) is 6. The molecular weight excluding hydrogens is 510 g/mol. The van der Waals surface area contributed by atoms with Gasteiger partial charge in [0.25, 0.3) is 15.9 Å².